The zero-order chi connectivity index (χ0) is 9.07. The molecule has 1 heteroatoms. The molecule has 0 heterocycles. The van der Waals surface area contributed by atoms with Crippen molar-refractivity contribution >= 4 is 0 Å². The van der Waals surface area contributed by atoms with Gasteiger partial charge in [0.15, 0.2) is 0 Å². The summed E-state index contributed by atoms with van der Waals surface area (Å²) in [4.78, 5) is 0. The van der Waals surface area contributed by atoms with Crippen molar-refractivity contribution in [2.75, 3.05) is 0 Å². The van der Waals surface area contributed by atoms with Crippen LogP contribution in [0.25, 0.3) is 0 Å². The lowest BCUT2D eigenvalue weighted by Gasteiger charge is -1.90. The third kappa shape index (κ3) is 9.28. The summed E-state index contributed by atoms with van der Waals surface area (Å²) in [5.41, 5.74) is 0. The first kappa shape index (κ1) is 11.3. The molecule has 0 saturated heterocycles. The van der Waals surface area contributed by atoms with Crippen LogP contribution in [0.2, 0.25) is 0 Å². The summed E-state index contributed by atoms with van der Waals surface area (Å²) in [6.07, 6.45) is 14.5. The zero-order valence-corrected chi connectivity index (χ0v) is 8.00. The third-order valence-electron chi connectivity index (χ3n) is 1.74. The topological polar surface area (TPSA) is 20.2 Å². The van der Waals surface area contributed by atoms with Crippen LogP contribution >= 0.6 is 0 Å². The van der Waals surface area contributed by atoms with Gasteiger partial charge in [0.1, 0.15) is 0 Å². The number of allylic oxidation sites excluding steroid dienone is 3. The molecule has 0 amide bonds. The Morgan fingerprint density at radius 3 is 2.08 bits per heavy atom. The first-order valence-electron chi connectivity index (χ1n) is 4.86. The summed E-state index contributed by atoms with van der Waals surface area (Å²) in [6.45, 7) is 2.21. The van der Waals surface area contributed by atoms with E-state index < -0.39 is 0 Å². The molecule has 0 spiro atoms. The van der Waals surface area contributed by atoms with Crippen molar-refractivity contribution in [2.24, 2.45) is 0 Å². The Bertz CT molecular complexity index is 125. The van der Waals surface area contributed by atoms with Crippen LogP contribution < -0.4 is 0 Å². The van der Waals surface area contributed by atoms with Gasteiger partial charge in [0.25, 0.3) is 0 Å². The van der Waals surface area contributed by atoms with Gasteiger partial charge < -0.3 is 5.11 Å². The van der Waals surface area contributed by atoms with E-state index in [9.17, 15) is 0 Å². The second-order valence-electron chi connectivity index (χ2n) is 2.93. The lowest BCUT2D eigenvalue weighted by Crippen LogP contribution is -1.70. The van der Waals surface area contributed by atoms with E-state index in [0.29, 0.717) is 0 Å². The molecule has 0 aromatic carbocycles. The van der Waals surface area contributed by atoms with E-state index in [1.54, 1.807) is 6.08 Å². The Morgan fingerprint density at radius 2 is 1.50 bits per heavy atom. The van der Waals surface area contributed by atoms with E-state index in [4.69, 9.17) is 5.11 Å². The van der Waals surface area contributed by atoms with Crippen LogP contribution in [0.5, 0.6) is 0 Å². The first-order chi connectivity index (χ1) is 5.91. The highest BCUT2D eigenvalue weighted by Crippen LogP contribution is 2.00. The standard InChI is InChI=1S/C11H20O/c1-2-3-4-5-6-7-8-9-10-11-12/h5-6,10-12H,2-4,7-9H2,1H3/b6-5+,11-10+. The molecule has 0 saturated carbocycles. The molecule has 0 aromatic rings. The number of hydrogen-bond acceptors (Lipinski definition) is 1. The minimum absolute atomic E-state index is 0.981. The van der Waals surface area contributed by atoms with Crippen molar-refractivity contribution in [1.82, 2.24) is 0 Å². The monoisotopic (exact) mass is 168 g/mol. The summed E-state index contributed by atoms with van der Waals surface area (Å²) in [5, 5.41) is 8.34. The van der Waals surface area contributed by atoms with Crippen molar-refractivity contribution < 1.29 is 5.11 Å². The molecule has 0 bridgehead atoms. The average molecular weight is 168 g/mol. The van der Waals surface area contributed by atoms with Crippen LogP contribution in [0.1, 0.15) is 45.4 Å². The van der Waals surface area contributed by atoms with Gasteiger partial charge >= 0.3 is 0 Å². The fourth-order valence-corrected chi connectivity index (χ4v) is 0.986. The average Bonchev–Trinajstić information content (AvgIpc) is 2.10. The van der Waals surface area contributed by atoms with Gasteiger partial charge in [-0.15, -0.1) is 0 Å². The van der Waals surface area contributed by atoms with Gasteiger partial charge in [0.05, 0.1) is 6.26 Å². The molecule has 0 atom stereocenters. The van der Waals surface area contributed by atoms with Crippen molar-refractivity contribution in [3.8, 4) is 0 Å². The lowest BCUT2D eigenvalue weighted by molar-refractivity contribution is 0.470. The molecule has 70 valence electrons. The zero-order valence-electron chi connectivity index (χ0n) is 8.00. The second kappa shape index (κ2) is 10.3. The molecule has 0 aliphatic rings. The van der Waals surface area contributed by atoms with E-state index in [1.807, 2.05) is 0 Å². The Balaban J connectivity index is 3.02. The molecule has 12 heavy (non-hydrogen) atoms. The van der Waals surface area contributed by atoms with Crippen LogP contribution in [-0.4, -0.2) is 5.11 Å². The maximum Gasteiger partial charge on any atom is 0.0751 e. The molecule has 0 fully saturated rings. The molecular formula is C11H20O. The molecule has 0 rings (SSSR count). The molecule has 0 aromatic heterocycles. The Kier molecular flexibility index (Phi) is 9.66. The van der Waals surface area contributed by atoms with Crippen molar-refractivity contribution in [3.63, 3.8) is 0 Å². The summed E-state index contributed by atoms with van der Waals surface area (Å²) in [7, 11) is 0. The highest BCUT2D eigenvalue weighted by atomic mass is 16.2. The maximum atomic E-state index is 8.34. The van der Waals surface area contributed by atoms with Crippen LogP contribution in [0.15, 0.2) is 24.5 Å². The Hall–Kier alpha value is -0.720. The molecule has 0 unspecified atom stereocenters. The van der Waals surface area contributed by atoms with Crippen LogP contribution in [-0.2, 0) is 0 Å². The normalized spacial score (nSPS) is 11.8. The SMILES string of the molecule is CCCC/C=C/CCC/C=C/O. The van der Waals surface area contributed by atoms with Crippen molar-refractivity contribution in [3.05, 3.63) is 24.5 Å². The summed E-state index contributed by atoms with van der Waals surface area (Å²) in [6, 6.07) is 0. The van der Waals surface area contributed by atoms with Gasteiger partial charge in [-0.3, -0.25) is 0 Å². The largest absolute Gasteiger partial charge is 0.516 e. The summed E-state index contributed by atoms with van der Waals surface area (Å²) < 4.78 is 0. The number of hydrogen-bond donors (Lipinski definition) is 1. The fourth-order valence-electron chi connectivity index (χ4n) is 0.986. The third-order valence-corrected chi connectivity index (χ3v) is 1.74. The first-order valence-corrected chi connectivity index (χ1v) is 4.86. The number of unbranched alkanes of at least 4 members (excludes halogenated alkanes) is 4. The van der Waals surface area contributed by atoms with E-state index in [1.165, 1.54) is 19.3 Å². The number of aliphatic hydroxyl groups excluding tert-OH is 1. The van der Waals surface area contributed by atoms with E-state index in [2.05, 4.69) is 19.1 Å². The second-order valence-corrected chi connectivity index (χ2v) is 2.93. The molecule has 0 aliphatic carbocycles. The van der Waals surface area contributed by atoms with Crippen LogP contribution in [0.4, 0.5) is 0 Å². The molecule has 0 aliphatic heterocycles. The molecule has 1 N–H and O–H groups in total. The minimum Gasteiger partial charge on any atom is -0.516 e. The molecule has 0 radical (unpaired) electrons. The predicted octanol–water partition coefficient (Wildman–Crippen LogP) is 3.97. The maximum absolute atomic E-state index is 8.34. The van der Waals surface area contributed by atoms with Gasteiger partial charge in [0, 0.05) is 0 Å². The van der Waals surface area contributed by atoms with Crippen LogP contribution in [0.3, 0.4) is 0 Å². The number of rotatable bonds is 7. The smallest absolute Gasteiger partial charge is 0.0751 e. The van der Waals surface area contributed by atoms with Crippen molar-refractivity contribution in [2.45, 2.75) is 45.4 Å². The van der Waals surface area contributed by atoms with E-state index in [-0.39, 0.29) is 0 Å². The predicted molar refractivity (Wildman–Crippen MR) is 54.3 cm³/mol. The fraction of sp³-hybridized carbons (Fsp3) is 0.636. The van der Waals surface area contributed by atoms with Gasteiger partial charge in [0.2, 0.25) is 0 Å². The minimum atomic E-state index is 0.981. The van der Waals surface area contributed by atoms with Gasteiger partial charge in [-0.1, -0.05) is 38.0 Å². The van der Waals surface area contributed by atoms with Gasteiger partial charge in [-0.25, -0.2) is 0 Å². The Morgan fingerprint density at radius 1 is 0.917 bits per heavy atom. The van der Waals surface area contributed by atoms with Crippen LogP contribution in [0, 0.1) is 0 Å². The molecular weight excluding hydrogens is 148 g/mol. The lowest BCUT2D eigenvalue weighted by atomic mass is 10.2. The highest BCUT2D eigenvalue weighted by Gasteiger charge is 1.80. The van der Waals surface area contributed by atoms with E-state index in [0.717, 1.165) is 25.5 Å². The molecule has 1 nitrogen and oxygen atoms in total. The summed E-state index contributed by atoms with van der Waals surface area (Å²) >= 11 is 0. The highest BCUT2D eigenvalue weighted by molar-refractivity contribution is 4.82. The van der Waals surface area contributed by atoms with Gasteiger partial charge in [-0.05, 0) is 25.7 Å². The Labute approximate surface area is 75.8 Å². The summed E-state index contributed by atoms with van der Waals surface area (Å²) in [5.74, 6) is 0. The quantitative estimate of drug-likeness (QED) is 0.346. The number of aliphatic hydroxyl groups is 1. The van der Waals surface area contributed by atoms with Crippen molar-refractivity contribution in [1.29, 1.82) is 0 Å². The van der Waals surface area contributed by atoms with E-state index >= 15 is 0 Å². The van der Waals surface area contributed by atoms with Gasteiger partial charge in [-0.2, -0.15) is 0 Å².